The van der Waals surface area contributed by atoms with Crippen LogP contribution in [-0.2, 0) is 10.0 Å². The Balaban J connectivity index is 1.50. The Hall–Kier alpha value is -2.69. The maximum atomic E-state index is 12.6. The van der Waals surface area contributed by atoms with E-state index in [0.717, 1.165) is 11.8 Å². The second-order valence-electron chi connectivity index (χ2n) is 6.74. The number of hydrogen-bond acceptors (Lipinski definition) is 6. The number of nitro groups is 1. The molecule has 9 nitrogen and oxygen atoms in total. The molecule has 2 aromatic carbocycles. The van der Waals surface area contributed by atoms with Crippen molar-refractivity contribution in [1.29, 1.82) is 0 Å². The van der Waals surface area contributed by atoms with E-state index in [9.17, 15) is 23.3 Å². The Labute approximate surface area is 179 Å². The molecule has 11 heteroatoms. The van der Waals surface area contributed by atoms with Crippen molar-refractivity contribution in [3.63, 3.8) is 0 Å². The highest BCUT2D eigenvalue weighted by molar-refractivity contribution is 7.89. The van der Waals surface area contributed by atoms with Gasteiger partial charge in [-0.2, -0.15) is 4.31 Å². The van der Waals surface area contributed by atoms with Crippen LogP contribution in [0.15, 0.2) is 48.5 Å². The van der Waals surface area contributed by atoms with E-state index < -0.39 is 20.9 Å². The van der Waals surface area contributed by atoms with Crippen molar-refractivity contribution in [3.05, 3.63) is 69.2 Å². The van der Waals surface area contributed by atoms with E-state index in [-0.39, 0.29) is 23.5 Å². The summed E-state index contributed by atoms with van der Waals surface area (Å²) in [6, 6.07) is 12.7. The second-order valence-corrected chi connectivity index (χ2v) is 9.27. The third-order valence-electron chi connectivity index (χ3n) is 4.79. The average Bonchev–Trinajstić information content (AvgIpc) is 2.74. The number of rotatable bonds is 7. The van der Waals surface area contributed by atoms with E-state index >= 15 is 0 Å². The SMILES string of the molecule is O=C(NCCS(=O)(=O)N1CCN(c2ccc(Cl)cc2)CC1)c1cccc([N+](=O)[O-])c1. The van der Waals surface area contributed by atoms with Crippen molar-refractivity contribution in [1.82, 2.24) is 9.62 Å². The Morgan fingerprint density at radius 3 is 2.40 bits per heavy atom. The van der Waals surface area contributed by atoms with E-state index in [0.29, 0.717) is 31.2 Å². The highest BCUT2D eigenvalue weighted by Gasteiger charge is 2.27. The minimum atomic E-state index is -3.53. The van der Waals surface area contributed by atoms with Gasteiger partial charge in [0.2, 0.25) is 10.0 Å². The summed E-state index contributed by atoms with van der Waals surface area (Å²) in [5.74, 6) is -0.796. The number of nitrogens with zero attached hydrogens (tertiary/aromatic N) is 3. The standard InChI is InChI=1S/C19H21ClN4O5S/c20-16-4-6-17(7-5-16)22-9-11-23(12-10-22)30(28,29)13-8-21-19(25)15-2-1-3-18(14-15)24(26)27/h1-7,14H,8-13H2,(H,21,25). The number of hydrogen-bond donors (Lipinski definition) is 1. The molecular formula is C19H21ClN4O5S. The smallest absolute Gasteiger partial charge is 0.270 e. The molecule has 1 heterocycles. The van der Waals surface area contributed by atoms with Crippen LogP contribution >= 0.6 is 11.6 Å². The van der Waals surface area contributed by atoms with Gasteiger partial charge >= 0.3 is 0 Å². The Morgan fingerprint density at radius 2 is 1.77 bits per heavy atom. The van der Waals surface area contributed by atoms with Gasteiger partial charge in [-0.15, -0.1) is 0 Å². The number of piperazine rings is 1. The van der Waals surface area contributed by atoms with Gasteiger partial charge in [-0.1, -0.05) is 17.7 Å². The van der Waals surface area contributed by atoms with Gasteiger partial charge < -0.3 is 10.2 Å². The first-order valence-corrected chi connectivity index (χ1v) is 11.3. The minimum Gasteiger partial charge on any atom is -0.369 e. The van der Waals surface area contributed by atoms with Crippen LogP contribution in [-0.4, -0.2) is 62.0 Å². The molecule has 2 aromatic rings. The summed E-state index contributed by atoms with van der Waals surface area (Å²) in [5, 5.41) is 14.0. The first kappa shape index (κ1) is 22.0. The second kappa shape index (κ2) is 9.41. The lowest BCUT2D eigenvalue weighted by Gasteiger charge is -2.35. The highest BCUT2D eigenvalue weighted by atomic mass is 35.5. The van der Waals surface area contributed by atoms with Crippen molar-refractivity contribution in [2.45, 2.75) is 0 Å². The highest BCUT2D eigenvalue weighted by Crippen LogP contribution is 2.20. The summed E-state index contributed by atoms with van der Waals surface area (Å²) in [6.07, 6.45) is 0. The molecule has 3 rings (SSSR count). The number of anilines is 1. The Kier molecular flexibility index (Phi) is 6.91. The molecule has 0 radical (unpaired) electrons. The number of nitro benzene ring substituents is 1. The molecule has 1 N–H and O–H groups in total. The van der Waals surface area contributed by atoms with Crippen LogP contribution in [0.25, 0.3) is 0 Å². The lowest BCUT2D eigenvalue weighted by Crippen LogP contribution is -2.50. The van der Waals surface area contributed by atoms with Crippen molar-refractivity contribution < 1.29 is 18.1 Å². The monoisotopic (exact) mass is 452 g/mol. The summed E-state index contributed by atoms with van der Waals surface area (Å²) in [7, 11) is -3.53. The fourth-order valence-electron chi connectivity index (χ4n) is 3.16. The first-order chi connectivity index (χ1) is 14.3. The van der Waals surface area contributed by atoms with Gasteiger partial charge in [-0.25, -0.2) is 8.42 Å². The predicted molar refractivity (Wildman–Crippen MR) is 114 cm³/mol. The van der Waals surface area contributed by atoms with E-state index in [2.05, 4.69) is 10.2 Å². The van der Waals surface area contributed by atoms with Crippen molar-refractivity contribution in [2.75, 3.05) is 43.4 Å². The van der Waals surface area contributed by atoms with Crippen LogP contribution in [0.4, 0.5) is 11.4 Å². The zero-order valence-corrected chi connectivity index (χ0v) is 17.6. The van der Waals surface area contributed by atoms with Crippen LogP contribution in [0.3, 0.4) is 0 Å². The van der Waals surface area contributed by atoms with E-state index in [1.807, 2.05) is 12.1 Å². The number of non-ortho nitro benzene ring substituents is 1. The third kappa shape index (κ3) is 5.47. The molecule has 0 aliphatic carbocycles. The van der Waals surface area contributed by atoms with Gasteiger partial charge in [0.25, 0.3) is 11.6 Å². The summed E-state index contributed by atoms with van der Waals surface area (Å²) in [4.78, 5) is 24.4. The average molecular weight is 453 g/mol. The molecule has 1 saturated heterocycles. The normalized spacial score (nSPS) is 15.0. The molecule has 160 valence electrons. The molecule has 0 atom stereocenters. The molecule has 1 aliphatic heterocycles. The summed E-state index contributed by atoms with van der Waals surface area (Å²) in [6.45, 7) is 1.73. The van der Waals surface area contributed by atoms with Crippen LogP contribution in [0.2, 0.25) is 5.02 Å². The summed E-state index contributed by atoms with van der Waals surface area (Å²) in [5.41, 5.74) is 0.896. The molecule has 0 bridgehead atoms. The summed E-state index contributed by atoms with van der Waals surface area (Å²) >= 11 is 5.90. The minimum absolute atomic E-state index is 0.0821. The van der Waals surface area contributed by atoms with Crippen molar-refractivity contribution in [3.8, 4) is 0 Å². The fraction of sp³-hybridized carbons (Fsp3) is 0.316. The van der Waals surface area contributed by atoms with E-state index in [4.69, 9.17) is 11.6 Å². The van der Waals surface area contributed by atoms with Gasteiger partial charge in [0.05, 0.1) is 10.7 Å². The fourth-order valence-corrected chi connectivity index (χ4v) is 4.63. The van der Waals surface area contributed by atoms with Gasteiger partial charge in [0.1, 0.15) is 0 Å². The number of carbonyl (C=O) groups is 1. The Morgan fingerprint density at radius 1 is 1.10 bits per heavy atom. The quantitative estimate of drug-likeness (QED) is 0.508. The van der Waals surface area contributed by atoms with Gasteiger partial charge in [-0.05, 0) is 30.3 Å². The van der Waals surface area contributed by atoms with E-state index in [1.54, 1.807) is 12.1 Å². The first-order valence-electron chi connectivity index (χ1n) is 9.27. The third-order valence-corrected chi connectivity index (χ3v) is 6.91. The molecule has 0 saturated carbocycles. The molecule has 0 aromatic heterocycles. The summed E-state index contributed by atoms with van der Waals surface area (Å²) < 4.78 is 26.6. The zero-order chi connectivity index (χ0) is 21.7. The number of carbonyl (C=O) groups excluding carboxylic acids is 1. The van der Waals surface area contributed by atoms with Gasteiger partial charge in [0.15, 0.2) is 0 Å². The van der Waals surface area contributed by atoms with Crippen molar-refractivity contribution in [2.24, 2.45) is 0 Å². The number of halogens is 1. The van der Waals surface area contributed by atoms with Crippen molar-refractivity contribution >= 4 is 38.9 Å². The number of benzene rings is 2. The molecular weight excluding hydrogens is 432 g/mol. The lowest BCUT2D eigenvalue weighted by molar-refractivity contribution is -0.384. The number of sulfonamides is 1. The topological polar surface area (TPSA) is 113 Å². The van der Waals surface area contributed by atoms with Crippen LogP contribution in [0.1, 0.15) is 10.4 Å². The van der Waals surface area contributed by atoms with Crippen LogP contribution < -0.4 is 10.2 Å². The van der Waals surface area contributed by atoms with Crippen LogP contribution in [0, 0.1) is 10.1 Å². The molecule has 1 amide bonds. The Bertz CT molecular complexity index is 1020. The van der Waals surface area contributed by atoms with Gasteiger partial charge in [-0.3, -0.25) is 14.9 Å². The molecule has 0 spiro atoms. The van der Waals surface area contributed by atoms with Gasteiger partial charge in [0, 0.05) is 61.1 Å². The van der Waals surface area contributed by atoms with E-state index in [1.165, 1.54) is 22.5 Å². The maximum Gasteiger partial charge on any atom is 0.270 e. The molecule has 0 unspecified atom stereocenters. The van der Waals surface area contributed by atoms with Crippen LogP contribution in [0.5, 0.6) is 0 Å². The molecule has 1 aliphatic rings. The largest absolute Gasteiger partial charge is 0.369 e. The molecule has 1 fully saturated rings. The maximum absolute atomic E-state index is 12.6. The number of nitrogens with one attached hydrogen (secondary N) is 1. The predicted octanol–water partition coefficient (Wildman–Crippen LogP) is 2.13. The lowest BCUT2D eigenvalue weighted by atomic mass is 10.2. The molecule has 30 heavy (non-hydrogen) atoms. The zero-order valence-electron chi connectivity index (χ0n) is 16.0. The number of amides is 1.